The zero-order valence-corrected chi connectivity index (χ0v) is 38.7. The van der Waals surface area contributed by atoms with Gasteiger partial charge in [0, 0.05) is 0 Å². The molecule has 0 unspecified atom stereocenters. The van der Waals surface area contributed by atoms with Crippen molar-refractivity contribution in [2.24, 2.45) is 27.1 Å². The summed E-state index contributed by atoms with van der Waals surface area (Å²) < 4.78 is 21.4. The Morgan fingerprint density at radius 3 is 0.596 bits per heavy atom. The maximum absolute atomic E-state index is 12.9. The zero-order chi connectivity index (χ0) is 45.0. The second kappa shape index (κ2) is 20.7. The second-order valence-corrected chi connectivity index (χ2v) is 22.3. The Morgan fingerprint density at radius 1 is 0.298 bits per heavy atom. The topological polar surface area (TPSA) is 179 Å². The summed E-state index contributed by atoms with van der Waals surface area (Å²) in [6.07, 6.45) is -3.12. The quantitative estimate of drug-likeness (QED) is 0.0489. The van der Waals surface area contributed by atoms with Gasteiger partial charge in [-0.3, -0.25) is 19.6 Å². The van der Waals surface area contributed by atoms with E-state index >= 15 is 0 Å². The minimum absolute atomic E-state index is 0.168. The van der Waals surface area contributed by atoms with Crippen LogP contribution in [0.1, 0.15) is 164 Å². The van der Waals surface area contributed by atoms with Crippen molar-refractivity contribution >= 4 is 24.6 Å². The average molecular weight is 825 g/mol. The summed E-state index contributed by atoms with van der Waals surface area (Å²) in [4.78, 5) is 92.8. The molecule has 0 aliphatic rings. The number of carbonyl (C=O) groups is 4. The van der Waals surface area contributed by atoms with Crippen LogP contribution in [0.25, 0.3) is 0 Å². The lowest BCUT2D eigenvalue weighted by atomic mass is 9.84. The summed E-state index contributed by atoms with van der Waals surface area (Å²) >= 11 is 0. The highest BCUT2D eigenvalue weighted by Crippen LogP contribution is 2.33. The molecule has 0 heterocycles. The van der Waals surface area contributed by atoms with Crippen LogP contribution in [0, 0.1) is 27.1 Å². The van der Waals surface area contributed by atoms with E-state index in [4.69, 9.17) is 58.0 Å². The predicted molar refractivity (Wildman–Crippen MR) is 209 cm³/mol. The molecular formula is C41H76O16. The van der Waals surface area contributed by atoms with E-state index in [1.54, 1.807) is 55.4 Å². The predicted octanol–water partition coefficient (Wildman–Crippen LogP) is 11.2. The Hall–Kier alpha value is -3.08. The van der Waals surface area contributed by atoms with Crippen molar-refractivity contribution in [2.45, 2.75) is 187 Å². The van der Waals surface area contributed by atoms with E-state index in [0.29, 0.717) is 25.7 Å². The molecule has 0 aromatic rings. The normalized spacial score (nSPS) is 13.7. The van der Waals surface area contributed by atoms with Gasteiger partial charge in [0.15, 0.2) is 0 Å². The molecule has 0 aromatic heterocycles. The number of rotatable bonds is 20. The number of hydrogen-bond donors (Lipinski definition) is 0. The van der Waals surface area contributed by atoms with Gasteiger partial charge < -0.3 is 18.9 Å². The average Bonchev–Trinajstić information content (AvgIpc) is 2.95. The maximum atomic E-state index is 12.9. The van der Waals surface area contributed by atoms with Crippen molar-refractivity contribution in [3.8, 4) is 0 Å². The molecule has 0 radical (unpaired) electrons. The lowest BCUT2D eigenvalue weighted by molar-refractivity contribution is -0.330. The van der Waals surface area contributed by atoms with Gasteiger partial charge in [-0.25, -0.2) is 19.2 Å². The monoisotopic (exact) mass is 825 g/mol. The van der Waals surface area contributed by atoms with Crippen LogP contribution >= 0.6 is 0 Å². The first-order chi connectivity index (χ1) is 25.2. The van der Waals surface area contributed by atoms with E-state index in [-0.39, 0.29) is 21.7 Å². The number of hydrogen-bond acceptors (Lipinski definition) is 16. The van der Waals surface area contributed by atoms with E-state index in [1.165, 1.54) is 0 Å². The van der Waals surface area contributed by atoms with Gasteiger partial charge >= 0.3 is 24.6 Å². The van der Waals surface area contributed by atoms with Crippen LogP contribution in [0.2, 0.25) is 0 Å². The Kier molecular flexibility index (Phi) is 19.6. The van der Waals surface area contributed by atoms with E-state index in [2.05, 4.69) is 0 Å². The van der Waals surface area contributed by atoms with Crippen LogP contribution in [-0.4, -0.2) is 73.5 Å². The van der Waals surface area contributed by atoms with Crippen molar-refractivity contribution in [3.63, 3.8) is 0 Å². The van der Waals surface area contributed by atoms with Crippen molar-refractivity contribution in [2.75, 3.05) is 26.4 Å². The third-order valence-electron chi connectivity index (χ3n) is 7.15. The molecule has 336 valence electrons. The van der Waals surface area contributed by atoms with Gasteiger partial charge in [-0.15, -0.1) is 0 Å². The van der Waals surface area contributed by atoms with Gasteiger partial charge in [0.2, 0.25) is 0 Å². The smallest absolute Gasteiger partial charge is 0.431 e. The Balaban J connectivity index is 6.40. The highest BCUT2D eigenvalue weighted by atomic mass is 17.3. The zero-order valence-electron chi connectivity index (χ0n) is 38.7. The van der Waals surface area contributed by atoms with Crippen molar-refractivity contribution < 1.29 is 77.2 Å². The summed E-state index contributed by atoms with van der Waals surface area (Å²) in [6.45, 7) is 34.9. The fourth-order valence-electron chi connectivity index (χ4n) is 7.01. The molecule has 0 amide bonds. The van der Waals surface area contributed by atoms with Crippen LogP contribution in [0.3, 0.4) is 0 Å². The van der Waals surface area contributed by atoms with Gasteiger partial charge in [0.05, 0.1) is 0 Å². The van der Waals surface area contributed by atoms with Gasteiger partial charge in [-0.2, -0.15) is 19.6 Å². The number of ether oxygens (including phenoxy) is 4. The third kappa shape index (κ3) is 28.9. The molecule has 0 aliphatic carbocycles. The molecule has 0 bridgehead atoms. The highest BCUT2D eigenvalue weighted by molar-refractivity contribution is 5.61. The van der Waals surface area contributed by atoms with Crippen LogP contribution in [0.15, 0.2) is 0 Å². The molecule has 0 aromatic carbocycles. The molecular weight excluding hydrogens is 748 g/mol. The van der Waals surface area contributed by atoms with Crippen molar-refractivity contribution in [1.82, 2.24) is 0 Å². The van der Waals surface area contributed by atoms with Crippen molar-refractivity contribution in [1.29, 1.82) is 0 Å². The molecule has 0 N–H and O–H groups in total. The SMILES string of the molecule is CC(C)(C)CC(C)(C)OOC(=O)OCC(COC(=O)OOC(C)(C)CC(C)(C)C)(COC(=O)OOC(C)(C)CC(C)(C)C)COC(=O)OOC(C)(C)CC(C)(C)C. The first kappa shape index (κ1) is 53.9. The molecule has 16 heteroatoms. The summed E-state index contributed by atoms with van der Waals surface area (Å²) in [5.74, 6) is 0. The Bertz CT molecular complexity index is 1080. The molecule has 0 spiro atoms. The van der Waals surface area contributed by atoms with Gasteiger partial charge in [-0.1, -0.05) is 83.1 Å². The molecule has 0 saturated carbocycles. The second-order valence-electron chi connectivity index (χ2n) is 22.3. The Labute approximate surface area is 341 Å². The minimum atomic E-state index is -1.83. The van der Waals surface area contributed by atoms with E-state index in [1.807, 2.05) is 83.1 Å². The van der Waals surface area contributed by atoms with Crippen LogP contribution in [0.4, 0.5) is 19.2 Å². The van der Waals surface area contributed by atoms with E-state index in [0.717, 1.165) is 0 Å². The molecule has 0 fully saturated rings. The molecule has 0 aliphatic heterocycles. The van der Waals surface area contributed by atoms with E-state index < -0.39 is 78.9 Å². The fourth-order valence-corrected chi connectivity index (χ4v) is 7.01. The lowest BCUT2D eigenvalue weighted by Gasteiger charge is -2.33. The maximum Gasteiger partial charge on any atom is 0.540 e. The van der Waals surface area contributed by atoms with Crippen LogP contribution in [0.5, 0.6) is 0 Å². The minimum Gasteiger partial charge on any atom is -0.431 e. The molecule has 16 nitrogen and oxygen atoms in total. The van der Waals surface area contributed by atoms with Gasteiger partial charge in [0.25, 0.3) is 0 Å². The lowest BCUT2D eigenvalue weighted by Crippen LogP contribution is -2.44. The Morgan fingerprint density at radius 2 is 0.456 bits per heavy atom. The van der Waals surface area contributed by atoms with Crippen LogP contribution < -0.4 is 0 Å². The molecule has 0 saturated heterocycles. The summed E-state index contributed by atoms with van der Waals surface area (Å²) in [5, 5.41) is 0. The summed E-state index contributed by atoms with van der Waals surface area (Å²) in [6, 6.07) is 0. The van der Waals surface area contributed by atoms with Gasteiger partial charge in [-0.05, 0) is 103 Å². The van der Waals surface area contributed by atoms with E-state index in [9.17, 15) is 19.2 Å². The van der Waals surface area contributed by atoms with Crippen molar-refractivity contribution in [3.05, 3.63) is 0 Å². The standard InChI is InChI=1S/C41H76O16/c1-33(2,3)21-37(13,14)54-50-29(42)46-25-41(26-47-30(43)51-55-38(15,16)22-34(4,5)6,27-48-31(44)52-56-39(17,18)23-35(7,8)9)28-49-32(45)53-57-40(19,20)24-36(10,11)12/h21-28H2,1-20H3. The first-order valence-electron chi connectivity index (χ1n) is 19.3. The first-order valence-corrected chi connectivity index (χ1v) is 19.3. The molecule has 57 heavy (non-hydrogen) atoms. The fraction of sp³-hybridized carbons (Fsp3) is 0.902. The molecule has 0 rings (SSSR count). The largest absolute Gasteiger partial charge is 0.540 e. The summed E-state index contributed by atoms with van der Waals surface area (Å²) in [7, 11) is 0. The molecule has 0 atom stereocenters. The highest BCUT2D eigenvalue weighted by Gasteiger charge is 2.41. The summed E-state index contributed by atoms with van der Waals surface area (Å²) in [5.41, 5.74) is -6.10. The van der Waals surface area contributed by atoms with Gasteiger partial charge in [0.1, 0.15) is 54.2 Å². The third-order valence-corrected chi connectivity index (χ3v) is 7.15. The number of carbonyl (C=O) groups excluding carboxylic acids is 4. The van der Waals surface area contributed by atoms with Crippen LogP contribution in [-0.2, 0) is 58.0 Å².